The van der Waals surface area contributed by atoms with Gasteiger partial charge in [-0.1, -0.05) is 28.1 Å². The maximum absolute atomic E-state index is 11.9. The van der Waals surface area contributed by atoms with Crippen molar-refractivity contribution in [2.45, 2.75) is 13.0 Å². The van der Waals surface area contributed by atoms with Crippen molar-refractivity contribution in [1.29, 1.82) is 0 Å². The molecule has 0 spiro atoms. The molecule has 0 bridgehead atoms. The highest BCUT2D eigenvalue weighted by molar-refractivity contribution is 9.10. The number of nitrogens with one attached hydrogen (secondary N) is 1. The highest BCUT2D eigenvalue weighted by Crippen LogP contribution is 2.22. The van der Waals surface area contributed by atoms with Gasteiger partial charge >= 0.3 is 0 Å². The van der Waals surface area contributed by atoms with E-state index in [4.69, 9.17) is 0 Å². The van der Waals surface area contributed by atoms with Crippen LogP contribution < -0.4 is 5.32 Å². The van der Waals surface area contributed by atoms with Gasteiger partial charge in [0.2, 0.25) is 5.91 Å². The first kappa shape index (κ1) is 16.0. The first-order chi connectivity index (χ1) is 10.5. The van der Waals surface area contributed by atoms with Gasteiger partial charge in [0.15, 0.2) is 0 Å². The second-order valence-corrected chi connectivity index (χ2v) is 5.57. The standard InChI is InChI=1S/C15H13BrN2O4/c16-12-3-1-10(2-4-12)7-15(20)17-9-11-8-13(18(21)22)5-6-14(11)19/h1-6,8,19H,7,9H2,(H,17,20). The van der Waals surface area contributed by atoms with Crippen molar-refractivity contribution in [2.24, 2.45) is 0 Å². The Bertz CT molecular complexity index is 701. The predicted molar refractivity (Wildman–Crippen MR) is 84.5 cm³/mol. The van der Waals surface area contributed by atoms with E-state index in [9.17, 15) is 20.0 Å². The lowest BCUT2D eigenvalue weighted by molar-refractivity contribution is -0.384. The second kappa shape index (κ2) is 7.04. The zero-order valence-electron chi connectivity index (χ0n) is 11.5. The van der Waals surface area contributed by atoms with Crippen LogP contribution in [0.1, 0.15) is 11.1 Å². The fourth-order valence-corrected chi connectivity index (χ4v) is 2.14. The van der Waals surface area contributed by atoms with E-state index in [0.29, 0.717) is 5.56 Å². The molecule has 2 N–H and O–H groups in total. The van der Waals surface area contributed by atoms with Crippen molar-refractivity contribution in [1.82, 2.24) is 5.32 Å². The summed E-state index contributed by atoms with van der Waals surface area (Å²) in [7, 11) is 0. The molecule has 2 rings (SSSR count). The Morgan fingerprint density at radius 1 is 1.23 bits per heavy atom. The van der Waals surface area contributed by atoms with Crippen LogP contribution in [0, 0.1) is 10.1 Å². The fraction of sp³-hybridized carbons (Fsp3) is 0.133. The fourth-order valence-electron chi connectivity index (χ4n) is 1.87. The third-order valence-electron chi connectivity index (χ3n) is 3.03. The molecule has 0 aliphatic carbocycles. The minimum Gasteiger partial charge on any atom is -0.508 e. The molecule has 0 atom stereocenters. The highest BCUT2D eigenvalue weighted by Gasteiger charge is 2.11. The summed E-state index contributed by atoms with van der Waals surface area (Å²) in [5, 5.41) is 23.0. The van der Waals surface area contributed by atoms with Gasteiger partial charge in [-0.3, -0.25) is 14.9 Å². The van der Waals surface area contributed by atoms with E-state index in [1.807, 2.05) is 24.3 Å². The largest absolute Gasteiger partial charge is 0.508 e. The smallest absolute Gasteiger partial charge is 0.270 e. The molecule has 0 aliphatic rings. The Morgan fingerprint density at radius 3 is 2.55 bits per heavy atom. The Kier molecular flexibility index (Phi) is 5.11. The molecule has 2 aromatic carbocycles. The summed E-state index contributed by atoms with van der Waals surface area (Å²) < 4.78 is 0.929. The molecular weight excluding hydrogens is 352 g/mol. The molecule has 0 aliphatic heterocycles. The number of phenols is 1. The third-order valence-corrected chi connectivity index (χ3v) is 3.56. The molecule has 6 nitrogen and oxygen atoms in total. The molecule has 0 fully saturated rings. The summed E-state index contributed by atoms with van der Waals surface area (Å²) in [4.78, 5) is 22.0. The van der Waals surface area contributed by atoms with E-state index in [1.165, 1.54) is 18.2 Å². The number of nitro benzene ring substituents is 1. The minimum absolute atomic E-state index is 0.0306. The summed E-state index contributed by atoms with van der Waals surface area (Å²) in [6, 6.07) is 11.0. The number of nitro groups is 1. The third kappa shape index (κ3) is 4.29. The van der Waals surface area contributed by atoms with Gasteiger partial charge in [-0.05, 0) is 23.8 Å². The number of hydrogen-bond donors (Lipinski definition) is 2. The molecule has 0 aromatic heterocycles. The molecular formula is C15H13BrN2O4. The van der Waals surface area contributed by atoms with Crippen LogP contribution in [0.2, 0.25) is 0 Å². The number of rotatable bonds is 5. The lowest BCUT2D eigenvalue weighted by Gasteiger charge is -2.07. The second-order valence-electron chi connectivity index (χ2n) is 4.65. The van der Waals surface area contributed by atoms with Crippen molar-refractivity contribution in [3.05, 3.63) is 68.2 Å². The number of halogens is 1. The van der Waals surface area contributed by atoms with Crippen molar-refractivity contribution in [3.63, 3.8) is 0 Å². The lowest BCUT2D eigenvalue weighted by Crippen LogP contribution is -2.24. The quantitative estimate of drug-likeness (QED) is 0.630. The van der Waals surface area contributed by atoms with Crippen LogP contribution in [0.4, 0.5) is 5.69 Å². The maximum Gasteiger partial charge on any atom is 0.270 e. The molecule has 0 saturated heterocycles. The van der Waals surface area contributed by atoms with Gasteiger partial charge in [-0.15, -0.1) is 0 Å². The summed E-state index contributed by atoms with van der Waals surface area (Å²) in [6.45, 7) is 0.0306. The summed E-state index contributed by atoms with van der Waals surface area (Å²) in [5.74, 6) is -0.317. The molecule has 0 heterocycles. The van der Waals surface area contributed by atoms with Crippen LogP contribution in [-0.4, -0.2) is 15.9 Å². The van der Waals surface area contributed by atoms with E-state index in [0.717, 1.165) is 10.0 Å². The van der Waals surface area contributed by atoms with Gasteiger partial charge in [0.05, 0.1) is 11.3 Å². The van der Waals surface area contributed by atoms with Crippen LogP contribution in [0.15, 0.2) is 46.9 Å². The number of hydrogen-bond acceptors (Lipinski definition) is 4. The Balaban J connectivity index is 1.97. The number of aromatic hydroxyl groups is 1. The summed E-state index contributed by atoms with van der Waals surface area (Å²) >= 11 is 3.32. The number of amides is 1. The van der Waals surface area contributed by atoms with Gasteiger partial charge in [0, 0.05) is 28.7 Å². The van der Waals surface area contributed by atoms with E-state index in [1.54, 1.807) is 0 Å². The number of benzene rings is 2. The average molecular weight is 365 g/mol. The average Bonchev–Trinajstić information content (AvgIpc) is 2.48. The van der Waals surface area contributed by atoms with Gasteiger partial charge in [-0.2, -0.15) is 0 Å². The van der Waals surface area contributed by atoms with Crippen LogP contribution in [0.3, 0.4) is 0 Å². The number of phenolic OH excluding ortho intramolecular Hbond substituents is 1. The monoisotopic (exact) mass is 364 g/mol. The lowest BCUT2D eigenvalue weighted by atomic mass is 10.1. The predicted octanol–water partition coefficient (Wildman–Crippen LogP) is 2.92. The first-order valence-corrected chi connectivity index (χ1v) is 7.22. The number of carbonyl (C=O) groups is 1. The molecule has 0 radical (unpaired) electrons. The van der Waals surface area contributed by atoms with Crippen molar-refractivity contribution in [3.8, 4) is 5.75 Å². The van der Waals surface area contributed by atoms with Crippen LogP contribution in [-0.2, 0) is 17.8 Å². The van der Waals surface area contributed by atoms with Crippen molar-refractivity contribution < 1.29 is 14.8 Å². The normalized spacial score (nSPS) is 10.2. The SMILES string of the molecule is O=C(Cc1ccc(Br)cc1)NCc1cc([N+](=O)[O-])ccc1O. The molecule has 114 valence electrons. The minimum atomic E-state index is -0.549. The Morgan fingerprint density at radius 2 is 1.91 bits per heavy atom. The molecule has 0 saturated carbocycles. The molecule has 1 amide bonds. The van der Waals surface area contributed by atoms with Crippen LogP contribution in [0.5, 0.6) is 5.75 Å². The highest BCUT2D eigenvalue weighted by atomic mass is 79.9. The summed E-state index contributed by atoms with van der Waals surface area (Å²) in [5.41, 5.74) is 1.03. The number of carbonyl (C=O) groups excluding carboxylic acids is 1. The van der Waals surface area contributed by atoms with E-state index < -0.39 is 4.92 Å². The van der Waals surface area contributed by atoms with Gasteiger partial charge in [-0.25, -0.2) is 0 Å². The van der Waals surface area contributed by atoms with Crippen LogP contribution >= 0.6 is 15.9 Å². The molecule has 7 heteroatoms. The van der Waals surface area contributed by atoms with Gasteiger partial charge < -0.3 is 10.4 Å². The topological polar surface area (TPSA) is 92.5 Å². The number of nitrogens with zero attached hydrogens (tertiary/aromatic N) is 1. The Labute approximate surface area is 135 Å². The van der Waals surface area contributed by atoms with Crippen molar-refractivity contribution in [2.75, 3.05) is 0 Å². The van der Waals surface area contributed by atoms with Gasteiger partial charge in [0.1, 0.15) is 5.75 Å². The molecule has 0 unspecified atom stereocenters. The zero-order valence-corrected chi connectivity index (χ0v) is 13.0. The zero-order chi connectivity index (χ0) is 16.1. The maximum atomic E-state index is 11.9. The van der Waals surface area contributed by atoms with Crippen LogP contribution in [0.25, 0.3) is 0 Å². The van der Waals surface area contributed by atoms with E-state index >= 15 is 0 Å². The van der Waals surface area contributed by atoms with E-state index in [-0.39, 0.29) is 30.3 Å². The Hall–Kier alpha value is -2.41. The molecule has 2 aromatic rings. The number of non-ortho nitro benzene ring substituents is 1. The van der Waals surface area contributed by atoms with Gasteiger partial charge in [0.25, 0.3) is 5.69 Å². The molecule has 22 heavy (non-hydrogen) atoms. The first-order valence-electron chi connectivity index (χ1n) is 6.43. The summed E-state index contributed by atoms with van der Waals surface area (Å²) in [6.07, 6.45) is 0.197. The van der Waals surface area contributed by atoms with E-state index in [2.05, 4.69) is 21.2 Å². The van der Waals surface area contributed by atoms with Crippen molar-refractivity contribution >= 4 is 27.5 Å².